The number of nitrogens with zero attached hydrogens (tertiary/aromatic N) is 2. The van der Waals surface area contributed by atoms with Crippen LogP contribution in [0.15, 0.2) is 19.3 Å². The molecule has 0 spiro atoms. The molecule has 2 aromatic rings. The van der Waals surface area contributed by atoms with E-state index in [9.17, 15) is 8.42 Å². The third kappa shape index (κ3) is 3.01. The second-order valence-corrected chi connectivity index (χ2v) is 8.63. The molecule has 0 aromatic carbocycles. The standard InChI is InChI=1S/C10H11BrN4O3S2.ClH/c11-7-6(20(13,16)17)4-5(19-7)8-14-9(15-18-8)10(12)2-1-3-10;/h4H,1-3,12H2,(H2,13,16,17);1H. The molecule has 1 fully saturated rings. The smallest absolute Gasteiger partial charge is 0.268 e. The molecule has 3 rings (SSSR count). The Kier molecular flexibility index (Phi) is 4.49. The quantitative estimate of drug-likeness (QED) is 0.789. The highest BCUT2D eigenvalue weighted by Crippen LogP contribution is 2.40. The zero-order valence-corrected chi connectivity index (χ0v) is 14.6. The molecule has 21 heavy (non-hydrogen) atoms. The van der Waals surface area contributed by atoms with Crippen molar-refractivity contribution in [3.8, 4) is 10.8 Å². The molecule has 0 radical (unpaired) electrons. The Balaban J connectivity index is 0.00000161. The monoisotopic (exact) mass is 414 g/mol. The lowest BCUT2D eigenvalue weighted by Gasteiger charge is -2.34. The van der Waals surface area contributed by atoms with E-state index in [1.165, 1.54) is 6.07 Å². The van der Waals surface area contributed by atoms with Gasteiger partial charge in [-0.25, -0.2) is 13.6 Å². The maximum Gasteiger partial charge on any atom is 0.268 e. The largest absolute Gasteiger partial charge is 0.333 e. The van der Waals surface area contributed by atoms with Crippen molar-refractivity contribution < 1.29 is 12.9 Å². The zero-order chi connectivity index (χ0) is 14.5. The van der Waals surface area contributed by atoms with E-state index < -0.39 is 15.6 Å². The van der Waals surface area contributed by atoms with Crippen molar-refractivity contribution in [1.29, 1.82) is 0 Å². The highest BCUT2D eigenvalue weighted by atomic mass is 79.9. The van der Waals surface area contributed by atoms with Crippen LogP contribution >= 0.6 is 39.7 Å². The molecule has 1 aliphatic rings. The predicted octanol–water partition coefficient (Wildman–Crippen LogP) is 1.97. The number of sulfonamides is 1. The summed E-state index contributed by atoms with van der Waals surface area (Å²) < 4.78 is 28.3. The van der Waals surface area contributed by atoms with Crippen LogP contribution in [0.25, 0.3) is 10.8 Å². The van der Waals surface area contributed by atoms with Gasteiger partial charge in [-0.3, -0.25) is 0 Å². The fraction of sp³-hybridized carbons (Fsp3) is 0.400. The van der Waals surface area contributed by atoms with Crippen LogP contribution in [0.3, 0.4) is 0 Å². The molecule has 4 N–H and O–H groups in total. The number of hydrogen-bond donors (Lipinski definition) is 2. The van der Waals surface area contributed by atoms with Crippen LogP contribution < -0.4 is 10.9 Å². The molecule has 11 heteroatoms. The minimum absolute atomic E-state index is 0. The predicted molar refractivity (Wildman–Crippen MR) is 83.6 cm³/mol. The van der Waals surface area contributed by atoms with Gasteiger partial charge < -0.3 is 10.3 Å². The van der Waals surface area contributed by atoms with Gasteiger partial charge in [-0.05, 0) is 41.3 Å². The van der Waals surface area contributed by atoms with Crippen molar-refractivity contribution in [1.82, 2.24) is 10.1 Å². The average Bonchev–Trinajstić information content (AvgIpc) is 2.90. The molecule has 116 valence electrons. The first-order valence-corrected chi connectivity index (χ1v) is 8.91. The van der Waals surface area contributed by atoms with Crippen LogP contribution in [-0.4, -0.2) is 18.6 Å². The van der Waals surface area contributed by atoms with Gasteiger partial charge in [0.15, 0.2) is 5.82 Å². The second-order valence-electron chi connectivity index (χ2n) is 4.73. The number of primary sulfonamides is 1. The lowest BCUT2D eigenvalue weighted by atomic mass is 9.77. The number of halogens is 2. The van der Waals surface area contributed by atoms with E-state index >= 15 is 0 Å². The highest BCUT2D eigenvalue weighted by Gasteiger charge is 2.39. The minimum Gasteiger partial charge on any atom is -0.333 e. The van der Waals surface area contributed by atoms with Gasteiger partial charge in [0.1, 0.15) is 4.90 Å². The molecule has 2 heterocycles. The number of rotatable bonds is 3. The summed E-state index contributed by atoms with van der Waals surface area (Å²) in [7, 11) is -3.79. The fourth-order valence-electron chi connectivity index (χ4n) is 1.96. The molecule has 0 atom stereocenters. The number of aromatic nitrogens is 2. The van der Waals surface area contributed by atoms with Gasteiger partial charge in [0, 0.05) is 0 Å². The summed E-state index contributed by atoms with van der Waals surface area (Å²) in [5.41, 5.74) is 5.60. The molecule has 2 aromatic heterocycles. The summed E-state index contributed by atoms with van der Waals surface area (Å²) >= 11 is 4.33. The van der Waals surface area contributed by atoms with Crippen LogP contribution in [0.5, 0.6) is 0 Å². The van der Waals surface area contributed by atoms with Crippen molar-refractivity contribution in [2.45, 2.75) is 29.7 Å². The van der Waals surface area contributed by atoms with E-state index in [1.807, 2.05) is 0 Å². The van der Waals surface area contributed by atoms with Crippen molar-refractivity contribution in [3.05, 3.63) is 15.7 Å². The third-order valence-corrected chi connectivity index (χ3v) is 6.44. The first kappa shape index (κ1) is 16.8. The Labute approximate surface area is 139 Å². The lowest BCUT2D eigenvalue weighted by molar-refractivity contribution is 0.229. The molecule has 1 aliphatic carbocycles. The molecule has 0 bridgehead atoms. The molecule has 0 amide bonds. The third-order valence-electron chi connectivity index (χ3n) is 3.29. The summed E-state index contributed by atoms with van der Waals surface area (Å²) in [5.74, 6) is 0.706. The molecular weight excluding hydrogens is 404 g/mol. The summed E-state index contributed by atoms with van der Waals surface area (Å²) in [6, 6.07) is 1.41. The Bertz CT molecular complexity index is 769. The number of hydrogen-bond acceptors (Lipinski definition) is 7. The van der Waals surface area contributed by atoms with Gasteiger partial charge in [-0.2, -0.15) is 4.98 Å². The minimum atomic E-state index is -3.79. The number of nitrogens with two attached hydrogens (primary N) is 2. The van der Waals surface area contributed by atoms with Gasteiger partial charge in [0.05, 0.1) is 14.2 Å². The molecule has 0 unspecified atom stereocenters. The molecule has 7 nitrogen and oxygen atoms in total. The maximum atomic E-state index is 11.4. The lowest BCUT2D eigenvalue weighted by Crippen LogP contribution is -2.44. The summed E-state index contributed by atoms with van der Waals surface area (Å²) in [5, 5.41) is 9.00. The molecular formula is C10H12BrClN4O3S2. The fourth-order valence-corrected chi connectivity index (χ4v) is 5.03. The van der Waals surface area contributed by atoms with E-state index in [2.05, 4.69) is 26.1 Å². The van der Waals surface area contributed by atoms with Crippen LogP contribution in [0.4, 0.5) is 0 Å². The second kappa shape index (κ2) is 5.60. The van der Waals surface area contributed by atoms with Gasteiger partial charge in [0.2, 0.25) is 10.0 Å². The van der Waals surface area contributed by atoms with Crippen LogP contribution in [-0.2, 0) is 15.6 Å². The van der Waals surface area contributed by atoms with Crippen molar-refractivity contribution >= 4 is 49.7 Å². The molecule has 1 saturated carbocycles. The Hall–Kier alpha value is -0.520. The van der Waals surface area contributed by atoms with Gasteiger partial charge in [-0.1, -0.05) is 5.16 Å². The van der Waals surface area contributed by atoms with Crippen LogP contribution in [0, 0.1) is 0 Å². The van der Waals surface area contributed by atoms with Gasteiger partial charge in [-0.15, -0.1) is 23.7 Å². The van der Waals surface area contributed by atoms with E-state index in [0.717, 1.165) is 30.6 Å². The Morgan fingerprint density at radius 3 is 2.57 bits per heavy atom. The van der Waals surface area contributed by atoms with E-state index in [-0.39, 0.29) is 23.2 Å². The van der Waals surface area contributed by atoms with Crippen LogP contribution in [0.2, 0.25) is 0 Å². The highest BCUT2D eigenvalue weighted by molar-refractivity contribution is 9.11. The van der Waals surface area contributed by atoms with Crippen molar-refractivity contribution in [2.75, 3.05) is 0 Å². The summed E-state index contributed by atoms with van der Waals surface area (Å²) in [6.07, 6.45) is 2.69. The maximum absolute atomic E-state index is 11.4. The van der Waals surface area contributed by atoms with E-state index in [0.29, 0.717) is 14.5 Å². The first-order valence-electron chi connectivity index (χ1n) is 5.75. The van der Waals surface area contributed by atoms with E-state index in [1.54, 1.807) is 0 Å². The molecule has 0 aliphatic heterocycles. The number of thiophene rings is 1. The van der Waals surface area contributed by atoms with Crippen molar-refractivity contribution in [3.63, 3.8) is 0 Å². The average molecular weight is 416 g/mol. The zero-order valence-electron chi connectivity index (χ0n) is 10.6. The van der Waals surface area contributed by atoms with Crippen molar-refractivity contribution in [2.24, 2.45) is 10.9 Å². The summed E-state index contributed by atoms with van der Waals surface area (Å²) in [4.78, 5) is 4.80. The SMILES string of the molecule is Cl.NC1(c2noc(-c3cc(S(N)(=O)=O)c(Br)s3)n2)CCC1. The normalized spacial score (nSPS) is 17.1. The van der Waals surface area contributed by atoms with Crippen LogP contribution in [0.1, 0.15) is 25.1 Å². The summed E-state index contributed by atoms with van der Waals surface area (Å²) in [6.45, 7) is 0. The Morgan fingerprint density at radius 1 is 1.43 bits per heavy atom. The molecule has 0 saturated heterocycles. The van der Waals surface area contributed by atoms with Gasteiger partial charge >= 0.3 is 0 Å². The topological polar surface area (TPSA) is 125 Å². The van der Waals surface area contributed by atoms with Gasteiger partial charge in [0.25, 0.3) is 5.89 Å². The Morgan fingerprint density at radius 2 is 2.10 bits per heavy atom. The van der Waals surface area contributed by atoms with E-state index in [4.69, 9.17) is 15.4 Å². The first-order chi connectivity index (χ1) is 9.29.